The van der Waals surface area contributed by atoms with E-state index in [1.54, 1.807) is 0 Å². The van der Waals surface area contributed by atoms with Gasteiger partial charge < -0.3 is 4.74 Å². The van der Waals surface area contributed by atoms with E-state index in [9.17, 15) is 9.59 Å². The second-order valence-electron chi connectivity index (χ2n) is 8.95. The summed E-state index contributed by atoms with van der Waals surface area (Å²) in [5.74, 6) is 0.413. The first-order valence-electron chi connectivity index (χ1n) is 10.9. The molecular formula is C25H36O3. The summed E-state index contributed by atoms with van der Waals surface area (Å²) in [6, 6.07) is 7.89. The van der Waals surface area contributed by atoms with Crippen LogP contribution in [-0.4, -0.2) is 11.8 Å². The highest BCUT2D eigenvalue weighted by Gasteiger charge is 2.35. The molecule has 0 heterocycles. The molecule has 1 aromatic carbocycles. The first-order valence-corrected chi connectivity index (χ1v) is 10.9. The normalized spacial score (nSPS) is 16.4. The molecule has 0 amide bonds. The zero-order valence-corrected chi connectivity index (χ0v) is 18.1. The maximum atomic E-state index is 12.8. The minimum atomic E-state index is -0.210. The molecular weight excluding hydrogens is 348 g/mol. The van der Waals surface area contributed by atoms with Crippen molar-refractivity contribution in [1.29, 1.82) is 0 Å². The number of benzene rings is 1. The van der Waals surface area contributed by atoms with E-state index in [1.807, 2.05) is 31.2 Å². The molecule has 0 fully saturated rings. The van der Waals surface area contributed by atoms with Gasteiger partial charge in [0.2, 0.25) is 0 Å². The van der Waals surface area contributed by atoms with Gasteiger partial charge in [-0.05, 0) is 24.3 Å². The van der Waals surface area contributed by atoms with E-state index in [-0.39, 0.29) is 17.2 Å². The summed E-state index contributed by atoms with van der Waals surface area (Å²) in [7, 11) is 0. The standard InChI is InChI=1S/C25H36O3/c1-5-6-7-8-9-10-11-12-23(27)28-22-18-25(3,4)17-21(26)24(22)20-15-13-19(2)14-16-20/h13-16H,5-12,17-18H2,1-4H3. The van der Waals surface area contributed by atoms with Crippen molar-refractivity contribution < 1.29 is 14.3 Å². The summed E-state index contributed by atoms with van der Waals surface area (Å²) in [4.78, 5) is 25.3. The molecule has 1 aromatic rings. The number of hydrogen-bond donors (Lipinski definition) is 0. The van der Waals surface area contributed by atoms with Crippen molar-refractivity contribution in [3.63, 3.8) is 0 Å². The fourth-order valence-electron chi connectivity index (χ4n) is 3.81. The van der Waals surface area contributed by atoms with Crippen LogP contribution in [0.4, 0.5) is 0 Å². The van der Waals surface area contributed by atoms with Crippen LogP contribution in [0.3, 0.4) is 0 Å². The Morgan fingerprint density at radius 1 is 0.964 bits per heavy atom. The third-order valence-corrected chi connectivity index (χ3v) is 5.40. The zero-order valence-electron chi connectivity index (χ0n) is 18.1. The summed E-state index contributed by atoms with van der Waals surface area (Å²) in [6.07, 6.45) is 9.69. The quantitative estimate of drug-likeness (QED) is 0.330. The molecule has 0 saturated heterocycles. The highest BCUT2D eigenvalue weighted by molar-refractivity contribution is 6.22. The molecule has 0 spiro atoms. The Kier molecular flexibility index (Phi) is 8.47. The van der Waals surface area contributed by atoms with Crippen LogP contribution in [0.1, 0.15) is 96.1 Å². The summed E-state index contributed by atoms with van der Waals surface area (Å²) < 4.78 is 5.76. The molecule has 2 rings (SSSR count). The Balaban J connectivity index is 2.01. The van der Waals surface area contributed by atoms with Crippen LogP contribution in [0, 0.1) is 12.3 Å². The summed E-state index contributed by atoms with van der Waals surface area (Å²) in [5.41, 5.74) is 2.41. The van der Waals surface area contributed by atoms with E-state index in [0.717, 1.165) is 24.0 Å². The molecule has 0 aromatic heterocycles. The number of rotatable bonds is 10. The summed E-state index contributed by atoms with van der Waals surface area (Å²) in [5, 5.41) is 0. The average molecular weight is 385 g/mol. The van der Waals surface area contributed by atoms with Crippen molar-refractivity contribution in [2.24, 2.45) is 5.41 Å². The first kappa shape index (κ1) is 22.4. The van der Waals surface area contributed by atoms with Gasteiger partial charge in [0, 0.05) is 19.3 Å². The van der Waals surface area contributed by atoms with Crippen molar-refractivity contribution in [2.75, 3.05) is 0 Å². The Labute approximate surface area is 170 Å². The molecule has 1 aliphatic rings. The average Bonchev–Trinajstić information content (AvgIpc) is 2.61. The van der Waals surface area contributed by atoms with Crippen LogP contribution >= 0.6 is 0 Å². The van der Waals surface area contributed by atoms with Gasteiger partial charge in [-0.15, -0.1) is 0 Å². The van der Waals surface area contributed by atoms with Gasteiger partial charge in [0.25, 0.3) is 0 Å². The Bertz CT molecular complexity index is 695. The lowest BCUT2D eigenvalue weighted by atomic mass is 9.75. The van der Waals surface area contributed by atoms with Crippen molar-refractivity contribution in [3.8, 4) is 0 Å². The van der Waals surface area contributed by atoms with Gasteiger partial charge in [0.1, 0.15) is 5.76 Å². The molecule has 3 nitrogen and oxygen atoms in total. The fraction of sp³-hybridized carbons (Fsp3) is 0.600. The predicted molar refractivity (Wildman–Crippen MR) is 115 cm³/mol. The van der Waals surface area contributed by atoms with Crippen LogP contribution in [0.5, 0.6) is 0 Å². The predicted octanol–water partition coefficient (Wildman–Crippen LogP) is 6.78. The third-order valence-electron chi connectivity index (χ3n) is 5.40. The second-order valence-corrected chi connectivity index (χ2v) is 8.95. The van der Waals surface area contributed by atoms with Gasteiger partial charge >= 0.3 is 5.97 Å². The van der Waals surface area contributed by atoms with E-state index >= 15 is 0 Å². The lowest BCUT2D eigenvalue weighted by molar-refractivity contribution is -0.140. The fourth-order valence-corrected chi connectivity index (χ4v) is 3.81. The molecule has 1 aliphatic carbocycles. The lowest BCUT2D eigenvalue weighted by Gasteiger charge is -2.31. The van der Waals surface area contributed by atoms with E-state index in [4.69, 9.17) is 4.74 Å². The molecule has 0 bridgehead atoms. The molecule has 0 atom stereocenters. The maximum Gasteiger partial charge on any atom is 0.310 e. The molecule has 0 saturated carbocycles. The van der Waals surface area contributed by atoms with Gasteiger partial charge in [-0.3, -0.25) is 9.59 Å². The Hall–Kier alpha value is -1.90. The maximum absolute atomic E-state index is 12.8. The molecule has 0 radical (unpaired) electrons. The highest BCUT2D eigenvalue weighted by atomic mass is 16.5. The van der Waals surface area contributed by atoms with Gasteiger partial charge in [-0.25, -0.2) is 0 Å². The minimum absolute atomic E-state index is 0.0684. The van der Waals surface area contributed by atoms with Crippen molar-refractivity contribution >= 4 is 17.3 Å². The third kappa shape index (κ3) is 6.92. The minimum Gasteiger partial charge on any atom is -0.430 e. The van der Waals surface area contributed by atoms with E-state index in [0.29, 0.717) is 30.6 Å². The van der Waals surface area contributed by atoms with E-state index < -0.39 is 0 Å². The zero-order chi connectivity index (χ0) is 20.6. The van der Waals surface area contributed by atoms with Crippen LogP contribution in [0.2, 0.25) is 0 Å². The Morgan fingerprint density at radius 2 is 1.57 bits per heavy atom. The van der Waals surface area contributed by atoms with Crippen LogP contribution in [0.15, 0.2) is 30.0 Å². The van der Waals surface area contributed by atoms with Crippen LogP contribution in [0.25, 0.3) is 5.57 Å². The van der Waals surface area contributed by atoms with Gasteiger partial charge in [0.15, 0.2) is 5.78 Å². The number of hydrogen-bond acceptors (Lipinski definition) is 3. The molecule has 0 N–H and O–H groups in total. The smallest absolute Gasteiger partial charge is 0.310 e. The number of aryl methyl sites for hydroxylation is 1. The highest BCUT2D eigenvalue weighted by Crippen LogP contribution is 2.41. The number of ketones is 1. The number of carbonyl (C=O) groups is 2. The van der Waals surface area contributed by atoms with Crippen LogP contribution < -0.4 is 0 Å². The van der Waals surface area contributed by atoms with Gasteiger partial charge in [-0.1, -0.05) is 89.1 Å². The monoisotopic (exact) mass is 384 g/mol. The lowest BCUT2D eigenvalue weighted by Crippen LogP contribution is -2.27. The SMILES string of the molecule is CCCCCCCCCC(=O)OC1=C(c2ccc(C)cc2)C(=O)CC(C)(C)C1. The van der Waals surface area contributed by atoms with Gasteiger partial charge in [0.05, 0.1) is 5.57 Å². The number of esters is 1. The molecule has 3 heteroatoms. The van der Waals surface area contributed by atoms with E-state index in [1.165, 1.54) is 32.1 Å². The summed E-state index contributed by atoms with van der Waals surface area (Å²) in [6.45, 7) is 8.35. The topological polar surface area (TPSA) is 43.4 Å². The largest absolute Gasteiger partial charge is 0.430 e. The molecule has 0 aliphatic heterocycles. The number of allylic oxidation sites excluding steroid dienone is 2. The second kappa shape index (κ2) is 10.6. The molecule has 154 valence electrons. The number of ether oxygens (including phenoxy) is 1. The number of Topliss-reactive ketones (excluding diaryl/α,β-unsaturated/α-hetero) is 1. The van der Waals surface area contributed by atoms with Crippen molar-refractivity contribution in [2.45, 2.75) is 91.9 Å². The van der Waals surface area contributed by atoms with Crippen LogP contribution in [-0.2, 0) is 14.3 Å². The van der Waals surface area contributed by atoms with Crippen molar-refractivity contribution in [3.05, 3.63) is 41.2 Å². The molecule has 0 unspecified atom stereocenters. The van der Waals surface area contributed by atoms with Gasteiger partial charge in [-0.2, -0.15) is 0 Å². The van der Waals surface area contributed by atoms with Crippen molar-refractivity contribution in [1.82, 2.24) is 0 Å². The number of unbranched alkanes of at least 4 members (excludes halogenated alkanes) is 6. The first-order chi connectivity index (χ1) is 13.3. The summed E-state index contributed by atoms with van der Waals surface area (Å²) >= 11 is 0. The Morgan fingerprint density at radius 3 is 2.21 bits per heavy atom. The number of carbonyl (C=O) groups excluding carboxylic acids is 2. The van der Waals surface area contributed by atoms with E-state index in [2.05, 4.69) is 20.8 Å². The molecule has 28 heavy (non-hydrogen) atoms.